The van der Waals surface area contributed by atoms with Gasteiger partial charge in [0.15, 0.2) is 4.80 Å². The van der Waals surface area contributed by atoms with E-state index in [0.29, 0.717) is 33.0 Å². The molecule has 0 fully saturated rings. The number of carbonyl (C=O) groups excluding carboxylic acids is 1. The molecule has 4 rings (SSSR count). The topological polar surface area (TPSA) is 79.1 Å². The maximum absolute atomic E-state index is 13.8. The lowest BCUT2D eigenvalue weighted by Crippen LogP contribution is -2.39. The predicted octanol–water partition coefficient (Wildman–Crippen LogP) is 4.58. The number of halogens is 2. The Bertz CT molecular complexity index is 1550. The molecule has 192 valence electrons. The van der Waals surface area contributed by atoms with E-state index < -0.39 is 12.0 Å². The van der Waals surface area contributed by atoms with E-state index in [4.69, 9.17) is 14.2 Å². The highest BCUT2D eigenvalue weighted by Gasteiger charge is 2.33. The zero-order valence-corrected chi connectivity index (χ0v) is 25.5. The monoisotopic (exact) mass is 742 g/mol. The molecule has 0 unspecified atom stereocenters. The van der Waals surface area contributed by atoms with E-state index in [1.165, 1.54) is 11.3 Å². The number of methoxy groups -OCH3 is 1. The van der Waals surface area contributed by atoms with Crippen LogP contribution in [0.1, 0.15) is 31.0 Å². The summed E-state index contributed by atoms with van der Waals surface area (Å²) in [5, 5.41) is 0. The van der Waals surface area contributed by atoms with Crippen LogP contribution in [0.4, 0.5) is 0 Å². The minimum absolute atomic E-state index is 0.221. The second kappa shape index (κ2) is 11.9. The number of fused-ring (bicyclic) bond motifs is 1. The minimum atomic E-state index is -0.668. The number of esters is 1. The van der Waals surface area contributed by atoms with Crippen LogP contribution in [0.15, 0.2) is 70.1 Å². The van der Waals surface area contributed by atoms with E-state index >= 15 is 0 Å². The first kappa shape index (κ1) is 27.6. The number of thiazole rings is 1. The Kier molecular flexibility index (Phi) is 8.90. The number of hydrogen-bond acceptors (Lipinski definition) is 7. The molecule has 0 radical (unpaired) electrons. The van der Waals surface area contributed by atoms with Gasteiger partial charge in [-0.05, 0) is 100 Å². The molecule has 2 aromatic carbocycles. The second-order valence-corrected chi connectivity index (χ2v) is 11.3. The number of ether oxygens (including phenoxy) is 3. The smallest absolute Gasteiger partial charge is 0.338 e. The molecule has 3 aromatic rings. The quantitative estimate of drug-likeness (QED) is 0.192. The van der Waals surface area contributed by atoms with Gasteiger partial charge in [0.2, 0.25) is 0 Å². The van der Waals surface area contributed by atoms with Crippen LogP contribution in [0.2, 0.25) is 0 Å². The van der Waals surface area contributed by atoms with Crippen LogP contribution in [0.25, 0.3) is 6.08 Å². The molecule has 37 heavy (non-hydrogen) atoms. The van der Waals surface area contributed by atoms with Crippen LogP contribution in [-0.2, 0) is 9.53 Å². The first-order chi connectivity index (χ1) is 17.8. The molecule has 2 heterocycles. The molecule has 0 N–H and O–H groups in total. The largest absolute Gasteiger partial charge is 0.497 e. The van der Waals surface area contributed by atoms with Crippen LogP contribution >= 0.6 is 56.5 Å². The molecule has 1 aromatic heterocycles. The lowest BCUT2D eigenvalue weighted by atomic mass is 9.96. The molecular weight excluding hydrogens is 718 g/mol. The van der Waals surface area contributed by atoms with E-state index in [-0.39, 0.29) is 12.2 Å². The standard InChI is InChI=1S/C27H24I2N2O5S/c1-5-11-36-24-19(28)12-16(13-20(24)29)14-21-25(32)31-23(17-7-9-18(34-4)10-8-17)22(26(33)35-6-2)15(3)30-27(31)37-21/h5,7-10,12-14,23H,1,6,11H2,2-4H3/b21-14-/t23-/m1/s1. The van der Waals surface area contributed by atoms with Gasteiger partial charge in [-0.1, -0.05) is 36.1 Å². The minimum Gasteiger partial charge on any atom is -0.497 e. The molecule has 7 nitrogen and oxygen atoms in total. The summed E-state index contributed by atoms with van der Waals surface area (Å²) in [6, 6.07) is 10.6. The van der Waals surface area contributed by atoms with Gasteiger partial charge in [-0.3, -0.25) is 9.36 Å². The Morgan fingerprint density at radius 2 is 1.89 bits per heavy atom. The summed E-state index contributed by atoms with van der Waals surface area (Å²) in [5.74, 6) is 0.978. The lowest BCUT2D eigenvalue weighted by molar-refractivity contribution is -0.139. The average molecular weight is 742 g/mol. The lowest BCUT2D eigenvalue weighted by Gasteiger charge is -2.24. The van der Waals surface area contributed by atoms with Crippen molar-refractivity contribution in [3.63, 3.8) is 0 Å². The van der Waals surface area contributed by atoms with Crippen molar-refractivity contribution in [1.82, 2.24) is 4.57 Å². The van der Waals surface area contributed by atoms with Crippen molar-refractivity contribution in [2.45, 2.75) is 19.9 Å². The predicted molar refractivity (Wildman–Crippen MR) is 161 cm³/mol. The summed E-state index contributed by atoms with van der Waals surface area (Å²) < 4.78 is 20.4. The van der Waals surface area contributed by atoms with Gasteiger partial charge in [-0.2, -0.15) is 0 Å². The molecule has 0 bridgehead atoms. The number of benzene rings is 2. The molecule has 1 aliphatic heterocycles. The van der Waals surface area contributed by atoms with Crippen LogP contribution in [0, 0.1) is 7.14 Å². The van der Waals surface area contributed by atoms with E-state index in [1.807, 2.05) is 42.5 Å². The van der Waals surface area contributed by atoms with Crippen molar-refractivity contribution in [1.29, 1.82) is 0 Å². The van der Waals surface area contributed by atoms with Gasteiger partial charge in [-0.25, -0.2) is 9.79 Å². The fourth-order valence-corrected chi connectivity index (χ4v) is 7.16. The van der Waals surface area contributed by atoms with Crippen LogP contribution in [0.5, 0.6) is 11.5 Å². The summed E-state index contributed by atoms with van der Waals surface area (Å²) in [5.41, 5.74) is 2.28. The second-order valence-electron chi connectivity index (χ2n) is 7.99. The van der Waals surface area contributed by atoms with Crippen molar-refractivity contribution in [2.75, 3.05) is 20.3 Å². The molecule has 1 aliphatic rings. The first-order valence-corrected chi connectivity index (χ1v) is 14.3. The zero-order valence-electron chi connectivity index (χ0n) is 20.4. The molecule has 0 amide bonds. The Labute approximate surface area is 245 Å². The molecule has 0 saturated carbocycles. The Hall–Kier alpha value is -2.45. The van der Waals surface area contributed by atoms with Crippen molar-refractivity contribution in [3.05, 3.63) is 98.3 Å². The van der Waals surface area contributed by atoms with Crippen molar-refractivity contribution >= 4 is 68.6 Å². The maximum atomic E-state index is 13.8. The van der Waals surface area contributed by atoms with Gasteiger partial charge in [-0.15, -0.1) is 0 Å². The maximum Gasteiger partial charge on any atom is 0.338 e. The van der Waals surface area contributed by atoms with E-state index in [0.717, 1.165) is 24.0 Å². The third-order valence-electron chi connectivity index (χ3n) is 5.61. The Morgan fingerprint density at radius 3 is 2.49 bits per heavy atom. The normalized spacial score (nSPS) is 15.2. The van der Waals surface area contributed by atoms with E-state index in [9.17, 15) is 9.59 Å². The van der Waals surface area contributed by atoms with Crippen LogP contribution in [-0.4, -0.2) is 30.9 Å². The molecule has 1 atom stereocenters. The highest BCUT2D eigenvalue weighted by Crippen LogP contribution is 2.32. The number of hydrogen-bond donors (Lipinski definition) is 0. The number of aromatic nitrogens is 1. The summed E-state index contributed by atoms with van der Waals surface area (Å²) in [7, 11) is 1.59. The highest BCUT2D eigenvalue weighted by molar-refractivity contribution is 14.1. The van der Waals surface area contributed by atoms with E-state index in [2.05, 4.69) is 56.8 Å². The molecular formula is C27H24I2N2O5S. The summed E-state index contributed by atoms with van der Waals surface area (Å²) in [6.45, 7) is 7.86. The van der Waals surface area contributed by atoms with Crippen LogP contribution in [0.3, 0.4) is 0 Å². The number of carbonyl (C=O) groups is 1. The van der Waals surface area contributed by atoms with Crippen molar-refractivity contribution in [3.8, 4) is 11.5 Å². The summed E-state index contributed by atoms with van der Waals surface area (Å²) >= 11 is 5.74. The van der Waals surface area contributed by atoms with Crippen LogP contribution < -0.4 is 24.4 Å². The molecule has 0 spiro atoms. The number of rotatable bonds is 8. The zero-order chi connectivity index (χ0) is 26.7. The molecule has 10 heteroatoms. The average Bonchev–Trinajstić information content (AvgIpc) is 3.17. The number of nitrogens with zero attached hydrogens (tertiary/aromatic N) is 2. The highest BCUT2D eigenvalue weighted by atomic mass is 127. The van der Waals surface area contributed by atoms with Gasteiger partial charge < -0.3 is 14.2 Å². The van der Waals surface area contributed by atoms with Gasteiger partial charge in [0, 0.05) is 0 Å². The van der Waals surface area contributed by atoms with Crippen molar-refractivity contribution in [2.24, 2.45) is 4.99 Å². The third-order valence-corrected chi connectivity index (χ3v) is 8.20. The summed E-state index contributed by atoms with van der Waals surface area (Å²) in [4.78, 5) is 31.9. The van der Waals surface area contributed by atoms with Crippen molar-refractivity contribution < 1.29 is 19.0 Å². The fourth-order valence-electron chi connectivity index (χ4n) is 3.99. The van der Waals surface area contributed by atoms with E-state index in [1.54, 1.807) is 31.6 Å². The SMILES string of the molecule is C=CCOc1c(I)cc(/C=c2\sc3n(c2=O)[C@H](c2ccc(OC)cc2)C(C(=O)OCC)=C(C)N=3)cc1I. The first-order valence-electron chi connectivity index (χ1n) is 11.3. The van der Waals surface area contributed by atoms with Gasteiger partial charge >= 0.3 is 5.97 Å². The Morgan fingerprint density at radius 1 is 1.22 bits per heavy atom. The third kappa shape index (κ3) is 5.70. The number of allylic oxidation sites excluding steroid dienone is 1. The van der Waals surface area contributed by atoms with Gasteiger partial charge in [0.25, 0.3) is 5.56 Å². The Balaban J connectivity index is 1.88. The molecule has 0 aliphatic carbocycles. The fraction of sp³-hybridized carbons (Fsp3) is 0.222. The van der Waals surface area contributed by atoms with Gasteiger partial charge in [0.1, 0.15) is 18.1 Å². The molecule has 0 saturated heterocycles. The summed E-state index contributed by atoms with van der Waals surface area (Å²) in [6.07, 6.45) is 3.55. The van der Waals surface area contributed by atoms with Gasteiger partial charge in [0.05, 0.1) is 42.7 Å².